The van der Waals surface area contributed by atoms with Crippen LogP contribution in [0.15, 0.2) is 42.5 Å². The van der Waals surface area contributed by atoms with Gasteiger partial charge in [0.15, 0.2) is 0 Å². The van der Waals surface area contributed by atoms with Crippen molar-refractivity contribution in [2.75, 3.05) is 33.3 Å². The molecule has 1 aliphatic rings. The summed E-state index contributed by atoms with van der Waals surface area (Å²) in [5.74, 6) is 1.68. The molecular formula is C20H23FN4O. The molecule has 0 amide bonds. The molecule has 2 aromatic carbocycles. The Kier molecular flexibility index (Phi) is 4.86. The summed E-state index contributed by atoms with van der Waals surface area (Å²) in [6.45, 7) is 5.24. The van der Waals surface area contributed by atoms with Crippen molar-refractivity contribution >= 4 is 11.0 Å². The van der Waals surface area contributed by atoms with Gasteiger partial charge in [-0.3, -0.25) is 9.80 Å². The molecule has 6 heteroatoms. The van der Waals surface area contributed by atoms with Gasteiger partial charge in [-0.2, -0.15) is 0 Å². The zero-order chi connectivity index (χ0) is 17.9. The van der Waals surface area contributed by atoms with Gasteiger partial charge < -0.3 is 9.72 Å². The van der Waals surface area contributed by atoms with Gasteiger partial charge in [0, 0.05) is 44.4 Å². The number of imidazole rings is 1. The molecule has 0 bridgehead atoms. The van der Waals surface area contributed by atoms with Crippen molar-refractivity contribution in [3.63, 3.8) is 0 Å². The molecule has 0 atom stereocenters. The molecule has 0 aliphatic carbocycles. The van der Waals surface area contributed by atoms with Gasteiger partial charge in [-0.1, -0.05) is 18.2 Å². The highest BCUT2D eigenvalue weighted by Crippen LogP contribution is 2.20. The Bertz CT molecular complexity index is 886. The number of hydrogen-bond acceptors (Lipinski definition) is 4. The van der Waals surface area contributed by atoms with Gasteiger partial charge in [0.1, 0.15) is 17.4 Å². The smallest absolute Gasteiger partial charge is 0.127 e. The van der Waals surface area contributed by atoms with Crippen LogP contribution in [0.2, 0.25) is 0 Å². The first-order valence-corrected chi connectivity index (χ1v) is 8.92. The molecule has 1 fully saturated rings. The van der Waals surface area contributed by atoms with E-state index in [0.717, 1.165) is 60.9 Å². The zero-order valence-electron chi connectivity index (χ0n) is 14.9. The number of piperazine rings is 1. The average Bonchev–Trinajstić information content (AvgIpc) is 3.06. The fourth-order valence-corrected chi connectivity index (χ4v) is 3.43. The first-order valence-electron chi connectivity index (χ1n) is 8.92. The molecule has 1 N–H and O–H groups in total. The molecule has 4 rings (SSSR count). The van der Waals surface area contributed by atoms with Crippen molar-refractivity contribution in [3.05, 3.63) is 59.7 Å². The summed E-state index contributed by atoms with van der Waals surface area (Å²) < 4.78 is 19.1. The van der Waals surface area contributed by atoms with E-state index in [4.69, 9.17) is 4.74 Å². The lowest BCUT2D eigenvalue weighted by molar-refractivity contribution is 0.119. The summed E-state index contributed by atoms with van der Waals surface area (Å²) in [5.41, 5.74) is 2.73. The number of nitrogens with one attached hydrogen (secondary N) is 1. The minimum absolute atomic E-state index is 0.118. The predicted octanol–water partition coefficient (Wildman–Crippen LogP) is 3.03. The van der Waals surface area contributed by atoms with E-state index < -0.39 is 0 Å². The van der Waals surface area contributed by atoms with E-state index in [1.165, 1.54) is 6.07 Å². The van der Waals surface area contributed by atoms with Crippen LogP contribution in [0.4, 0.5) is 4.39 Å². The maximum Gasteiger partial charge on any atom is 0.127 e. The van der Waals surface area contributed by atoms with Crippen LogP contribution in [0.3, 0.4) is 0 Å². The molecule has 5 nitrogen and oxygen atoms in total. The number of fused-ring (bicyclic) bond motifs is 1. The number of aromatic nitrogens is 2. The third-order valence-corrected chi connectivity index (χ3v) is 4.93. The van der Waals surface area contributed by atoms with Crippen LogP contribution >= 0.6 is 0 Å². The molecule has 26 heavy (non-hydrogen) atoms. The summed E-state index contributed by atoms with van der Waals surface area (Å²) >= 11 is 0. The van der Waals surface area contributed by atoms with Crippen LogP contribution in [-0.2, 0) is 13.1 Å². The summed E-state index contributed by atoms with van der Waals surface area (Å²) in [6.07, 6.45) is 0. The summed E-state index contributed by atoms with van der Waals surface area (Å²) in [7, 11) is 1.67. The number of ether oxygens (including phenoxy) is 1. The monoisotopic (exact) mass is 354 g/mol. The predicted molar refractivity (Wildman–Crippen MR) is 99.6 cm³/mol. The van der Waals surface area contributed by atoms with Crippen molar-refractivity contribution in [3.8, 4) is 5.75 Å². The molecule has 3 aromatic rings. The molecule has 1 aliphatic heterocycles. The van der Waals surface area contributed by atoms with E-state index in [1.54, 1.807) is 13.2 Å². The Morgan fingerprint density at radius 3 is 2.50 bits per heavy atom. The average molecular weight is 354 g/mol. The van der Waals surface area contributed by atoms with Crippen LogP contribution in [0.5, 0.6) is 5.75 Å². The van der Waals surface area contributed by atoms with E-state index in [0.29, 0.717) is 6.54 Å². The highest BCUT2D eigenvalue weighted by molar-refractivity contribution is 5.76. The topological polar surface area (TPSA) is 44.4 Å². The second-order valence-corrected chi connectivity index (χ2v) is 6.71. The highest BCUT2D eigenvalue weighted by atomic mass is 19.1. The van der Waals surface area contributed by atoms with Crippen LogP contribution in [-0.4, -0.2) is 53.1 Å². The third-order valence-electron chi connectivity index (χ3n) is 4.93. The lowest BCUT2D eigenvalue weighted by atomic mass is 10.2. The van der Waals surface area contributed by atoms with Gasteiger partial charge in [-0.15, -0.1) is 0 Å². The SMILES string of the molecule is COc1ccc2nc(CN3CCN(Cc4ccccc4F)CC3)[nH]c2c1. The fraction of sp³-hybridized carbons (Fsp3) is 0.350. The van der Waals surface area contributed by atoms with Crippen molar-refractivity contribution < 1.29 is 9.13 Å². The van der Waals surface area contributed by atoms with E-state index >= 15 is 0 Å². The lowest BCUT2D eigenvalue weighted by Gasteiger charge is -2.34. The second kappa shape index (κ2) is 7.43. The van der Waals surface area contributed by atoms with E-state index in [9.17, 15) is 4.39 Å². The van der Waals surface area contributed by atoms with Crippen molar-refractivity contribution in [1.82, 2.24) is 19.8 Å². The lowest BCUT2D eigenvalue weighted by Crippen LogP contribution is -2.45. The minimum Gasteiger partial charge on any atom is -0.497 e. The number of benzene rings is 2. The number of methoxy groups -OCH3 is 1. The molecular weight excluding hydrogens is 331 g/mol. The van der Waals surface area contributed by atoms with E-state index in [-0.39, 0.29) is 5.82 Å². The first kappa shape index (κ1) is 17.0. The van der Waals surface area contributed by atoms with Gasteiger partial charge in [0.05, 0.1) is 24.7 Å². The Labute approximate surface area is 152 Å². The Morgan fingerprint density at radius 1 is 1.04 bits per heavy atom. The zero-order valence-corrected chi connectivity index (χ0v) is 14.9. The van der Waals surface area contributed by atoms with Crippen LogP contribution in [0, 0.1) is 5.82 Å². The molecule has 0 saturated carbocycles. The maximum absolute atomic E-state index is 13.8. The van der Waals surface area contributed by atoms with Gasteiger partial charge in [0.2, 0.25) is 0 Å². The molecule has 0 spiro atoms. The molecule has 1 saturated heterocycles. The van der Waals surface area contributed by atoms with Crippen LogP contribution in [0.25, 0.3) is 11.0 Å². The third kappa shape index (κ3) is 3.71. The molecule has 0 radical (unpaired) electrons. The van der Waals surface area contributed by atoms with Gasteiger partial charge in [0.25, 0.3) is 0 Å². The number of aromatic amines is 1. The molecule has 0 unspecified atom stereocenters. The molecule has 1 aromatic heterocycles. The van der Waals surface area contributed by atoms with E-state index in [1.807, 2.05) is 30.3 Å². The normalized spacial score (nSPS) is 16.2. The quantitative estimate of drug-likeness (QED) is 0.765. The van der Waals surface area contributed by atoms with Gasteiger partial charge in [-0.25, -0.2) is 9.37 Å². The number of rotatable bonds is 5. The number of hydrogen-bond donors (Lipinski definition) is 1. The van der Waals surface area contributed by atoms with Crippen molar-refractivity contribution in [2.24, 2.45) is 0 Å². The number of nitrogens with zero attached hydrogens (tertiary/aromatic N) is 3. The van der Waals surface area contributed by atoms with Gasteiger partial charge in [-0.05, 0) is 18.2 Å². The Morgan fingerprint density at radius 2 is 1.77 bits per heavy atom. The van der Waals surface area contributed by atoms with Gasteiger partial charge >= 0.3 is 0 Å². The Balaban J connectivity index is 1.34. The van der Waals surface area contributed by atoms with Crippen molar-refractivity contribution in [2.45, 2.75) is 13.1 Å². The summed E-state index contributed by atoms with van der Waals surface area (Å²) in [4.78, 5) is 12.7. The van der Waals surface area contributed by atoms with Crippen LogP contribution < -0.4 is 4.74 Å². The van der Waals surface area contributed by atoms with Crippen molar-refractivity contribution in [1.29, 1.82) is 0 Å². The number of H-pyrrole nitrogens is 1. The second-order valence-electron chi connectivity index (χ2n) is 6.71. The highest BCUT2D eigenvalue weighted by Gasteiger charge is 2.19. The summed E-state index contributed by atoms with van der Waals surface area (Å²) in [6, 6.07) is 12.9. The standard InChI is InChI=1S/C20H23FN4O/c1-26-16-6-7-18-19(12-16)23-20(22-18)14-25-10-8-24(9-11-25)13-15-4-2-3-5-17(15)21/h2-7,12H,8-11,13-14H2,1H3,(H,22,23). The molecule has 2 heterocycles. The Hall–Kier alpha value is -2.44. The summed E-state index contributed by atoms with van der Waals surface area (Å²) in [5, 5.41) is 0. The maximum atomic E-state index is 13.8. The minimum atomic E-state index is -0.118. The van der Waals surface area contributed by atoms with Crippen LogP contribution in [0.1, 0.15) is 11.4 Å². The number of halogens is 1. The van der Waals surface area contributed by atoms with E-state index in [2.05, 4.69) is 19.8 Å². The molecule has 136 valence electrons. The largest absolute Gasteiger partial charge is 0.497 e. The first-order chi connectivity index (χ1) is 12.7. The fourth-order valence-electron chi connectivity index (χ4n) is 3.43.